The Labute approximate surface area is 103 Å². The first-order valence-corrected chi connectivity index (χ1v) is 5.29. The van der Waals surface area contributed by atoms with Crippen LogP contribution >= 0.6 is 0 Å². The lowest BCUT2D eigenvalue weighted by atomic mass is 10.5. The summed E-state index contributed by atoms with van der Waals surface area (Å²) in [5, 5.41) is 13.3. The number of rotatable bonds is 7. The number of hydrogen-bond acceptors (Lipinski definition) is 6. The molecule has 1 aromatic heterocycles. The van der Waals surface area contributed by atoms with Gasteiger partial charge in [-0.25, -0.2) is 9.97 Å². The van der Waals surface area contributed by atoms with Gasteiger partial charge < -0.3 is 20.5 Å². The highest BCUT2D eigenvalue weighted by Gasteiger charge is 2.04. The average molecular weight is 254 g/mol. The summed E-state index contributed by atoms with van der Waals surface area (Å²) in [6.45, 7) is 1.83. The molecular weight excluding hydrogens is 240 g/mol. The largest absolute Gasteiger partial charge is 0.480 e. The number of carbonyl (C=O) groups is 2. The molecule has 98 valence electrons. The van der Waals surface area contributed by atoms with Gasteiger partial charge in [0.1, 0.15) is 18.7 Å². The predicted octanol–water partition coefficient (Wildman–Crippen LogP) is -0.512. The maximum Gasteiger partial charge on any atom is 0.322 e. The smallest absolute Gasteiger partial charge is 0.322 e. The number of nitrogens with one attached hydrogen (secondary N) is 2. The van der Waals surface area contributed by atoms with Gasteiger partial charge in [-0.1, -0.05) is 0 Å². The van der Waals surface area contributed by atoms with E-state index >= 15 is 0 Å². The van der Waals surface area contributed by atoms with Crippen LogP contribution < -0.4 is 15.4 Å². The van der Waals surface area contributed by atoms with Crippen LogP contribution in [0.4, 0.5) is 5.82 Å². The average Bonchev–Trinajstić information content (AvgIpc) is 2.35. The normalized spacial score (nSPS) is 9.61. The summed E-state index contributed by atoms with van der Waals surface area (Å²) in [4.78, 5) is 29.2. The molecule has 0 saturated heterocycles. The lowest BCUT2D eigenvalue weighted by Crippen LogP contribution is -2.33. The second-order valence-corrected chi connectivity index (χ2v) is 3.20. The van der Waals surface area contributed by atoms with Crippen LogP contribution in [0.25, 0.3) is 0 Å². The van der Waals surface area contributed by atoms with Crippen molar-refractivity contribution in [3.8, 4) is 5.88 Å². The van der Waals surface area contributed by atoms with Crippen molar-refractivity contribution >= 4 is 17.7 Å². The van der Waals surface area contributed by atoms with Crippen molar-refractivity contribution in [3.05, 3.63) is 12.4 Å². The summed E-state index contributed by atoms with van der Waals surface area (Å²) in [6.07, 6.45) is 1.31. The number of carboxylic acids is 1. The molecular formula is C10H14N4O4. The summed E-state index contributed by atoms with van der Waals surface area (Å²) in [6, 6.07) is 1.55. The molecule has 0 aromatic carbocycles. The highest BCUT2D eigenvalue weighted by Crippen LogP contribution is 2.10. The molecule has 3 N–H and O–H groups in total. The van der Waals surface area contributed by atoms with Gasteiger partial charge in [-0.15, -0.1) is 0 Å². The van der Waals surface area contributed by atoms with E-state index in [0.29, 0.717) is 18.3 Å². The summed E-state index contributed by atoms with van der Waals surface area (Å²) in [5.41, 5.74) is 0. The highest BCUT2D eigenvalue weighted by atomic mass is 16.5. The molecule has 1 rings (SSSR count). The van der Waals surface area contributed by atoms with Gasteiger partial charge in [0, 0.05) is 6.07 Å². The Hall–Kier alpha value is -2.38. The molecule has 1 heterocycles. The molecule has 0 aliphatic rings. The van der Waals surface area contributed by atoms with Crippen molar-refractivity contribution in [1.82, 2.24) is 15.3 Å². The molecule has 0 atom stereocenters. The van der Waals surface area contributed by atoms with E-state index in [1.165, 1.54) is 6.33 Å². The molecule has 0 aliphatic heterocycles. The maximum atomic E-state index is 11.2. The molecule has 18 heavy (non-hydrogen) atoms. The fourth-order valence-electron chi connectivity index (χ4n) is 1.07. The number of aliphatic carboxylic acids is 1. The van der Waals surface area contributed by atoms with Crippen LogP contribution in [0, 0.1) is 0 Å². The third-order valence-corrected chi connectivity index (χ3v) is 1.80. The zero-order valence-corrected chi connectivity index (χ0v) is 9.84. The Morgan fingerprint density at radius 2 is 2.17 bits per heavy atom. The molecule has 0 bridgehead atoms. The third kappa shape index (κ3) is 5.10. The number of aromatic nitrogens is 2. The van der Waals surface area contributed by atoms with E-state index in [1.807, 2.05) is 6.92 Å². The van der Waals surface area contributed by atoms with Crippen molar-refractivity contribution in [2.75, 3.05) is 25.0 Å². The predicted molar refractivity (Wildman–Crippen MR) is 62.3 cm³/mol. The highest BCUT2D eigenvalue weighted by molar-refractivity contribution is 5.84. The Bertz CT molecular complexity index is 424. The molecule has 1 amide bonds. The minimum atomic E-state index is -1.09. The summed E-state index contributed by atoms with van der Waals surface area (Å²) >= 11 is 0. The van der Waals surface area contributed by atoms with E-state index in [9.17, 15) is 9.59 Å². The zero-order chi connectivity index (χ0) is 13.4. The summed E-state index contributed by atoms with van der Waals surface area (Å²) in [7, 11) is 0. The molecule has 8 heteroatoms. The number of carbonyl (C=O) groups excluding carboxylic acids is 1. The third-order valence-electron chi connectivity index (χ3n) is 1.80. The zero-order valence-electron chi connectivity index (χ0n) is 9.84. The SMILES string of the molecule is CCOc1cc(NCC(=O)NCC(=O)O)ncn1. The van der Waals surface area contributed by atoms with Gasteiger partial charge in [-0.2, -0.15) is 0 Å². The standard InChI is InChI=1S/C10H14N4O4/c1-2-18-9-3-7(13-6-14-9)11-4-8(15)12-5-10(16)17/h3,6H,2,4-5H2,1H3,(H,12,15)(H,16,17)(H,11,13,14). The van der Waals surface area contributed by atoms with Crippen LogP contribution in [-0.4, -0.2) is 46.6 Å². The van der Waals surface area contributed by atoms with Crippen molar-refractivity contribution in [2.24, 2.45) is 0 Å². The molecule has 1 aromatic rings. The molecule has 0 unspecified atom stereocenters. The minimum Gasteiger partial charge on any atom is -0.480 e. The molecule has 0 aliphatic carbocycles. The van der Waals surface area contributed by atoms with E-state index < -0.39 is 18.4 Å². The van der Waals surface area contributed by atoms with Gasteiger partial charge in [0.2, 0.25) is 11.8 Å². The van der Waals surface area contributed by atoms with Crippen molar-refractivity contribution < 1.29 is 19.4 Å². The fourth-order valence-corrected chi connectivity index (χ4v) is 1.07. The number of nitrogens with zero attached hydrogens (tertiary/aromatic N) is 2. The van der Waals surface area contributed by atoms with Crippen molar-refractivity contribution in [2.45, 2.75) is 6.92 Å². The van der Waals surface area contributed by atoms with Gasteiger partial charge in [0.25, 0.3) is 0 Å². The van der Waals surface area contributed by atoms with Crippen LogP contribution in [-0.2, 0) is 9.59 Å². The number of carboxylic acid groups (broad SMARTS) is 1. The second-order valence-electron chi connectivity index (χ2n) is 3.20. The van der Waals surface area contributed by atoms with E-state index in [0.717, 1.165) is 0 Å². The van der Waals surface area contributed by atoms with Crippen LogP contribution in [0.1, 0.15) is 6.92 Å². The van der Waals surface area contributed by atoms with E-state index in [1.54, 1.807) is 6.07 Å². The Balaban J connectivity index is 2.40. The summed E-state index contributed by atoms with van der Waals surface area (Å²) in [5.74, 6) is -0.696. The monoisotopic (exact) mass is 254 g/mol. The molecule has 8 nitrogen and oxygen atoms in total. The second kappa shape index (κ2) is 7.05. The Morgan fingerprint density at radius 3 is 2.83 bits per heavy atom. The number of amides is 1. The lowest BCUT2D eigenvalue weighted by Gasteiger charge is -2.07. The number of ether oxygens (including phenoxy) is 1. The van der Waals surface area contributed by atoms with Gasteiger partial charge >= 0.3 is 5.97 Å². The van der Waals surface area contributed by atoms with Crippen molar-refractivity contribution in [1.29, 1.82) is 0 Å². The maximum absolute atomic E-state index is 11.2. The van der Waals surface area contributed by atoms with Gasteiger partial charge in [-0.05, 0) is 6.92 Å². The molecule has 0 fully saturated rings. The number of anilines is 1. The topological polar surface area (TPSA) is 113 Å². The van der Waals surface area contributed by atoms with E-state index in [2.05, 4.69) is 20.6 Å². The first-order valence-electron chi connectivity index (χ1n) is 5.29. The molecule has 0 radical (unpaired) electrons. The Kier molecular flexibility index (Phi) is 5.36. The van der Waals surface area contributed by atoms with Crippen LogP contribution in [0.3, 0.4) is 0 Å². The quantitative estimate of drug-likeness (QED) is 0.600. The van der Waals surface area contributed by atoms with Crippen molar-refractivity contribution in [3.63, 3.8) is 0 Å². The van der Waals surface area contributed by atoms with E-state index in [4.69, 9.17) is 9.84 Å². The minimum absolute atomic E-state index is 0.0736. The first kappa shape index (κ1) is 13.7. The Morgan fingerprint density at radius 1 is 1.39 bits per heavy atom. The summed E-state index contributed by atoms with van der Waals surface area (Å²) < 4.78 is 5.16. The molecule has 0 spiro atoms. The molecule has 0 saturated carbocycles. The van der Waals surface area contributed by atoms with Gasteiger partial charge in [0.05, 0.1) is 13.2 Å². The first-order chi connectivity index (χ1) is 8.61. The van der Waals surface area contributed by atoms with Gasteiger partial charge in [-0.3, -0.25) is 9.59 Å². The van der Waals surface area contributed by atoms with Crippen LogP contribution in [0.5, 0.6) is 5.88 Å². The van der Waals surface area contributed by atoms with Crippen LogP contribution in [0.15, 0.2) is 12.4 Å². The van der Waals surface area contributed by atoms with Crippen LogP contribution in [0.2, 0.25) is 0 Å². The van der Waals surface area contributed by atoms with E-state index in [-0.39, 0.29) is 6.54 Å². The van der Waals surface area contributed by atoms with Gasteiger partial charge in [0.15, 0.2) is 0 Å². The lowest BCUT2D eigenvalue weighted by molar-refractivity contribution is -0.137. The number of hydrogen-bond donors (Lipinski definition) is 3. The fraction of sp³-hybridized carbons (Fsp3) is 0.400.